The summed E-state index contributed by atoms with van der Waals surface area (Å²) in [5.41, 5.74) is 7.56. The highest BCUT2D eigenvalue weighted by molar-refractivity contribution is 5.35. The van der Waals surface area contributed by atoms with Crippen LogP contribution in [0.2, 0.25) is 0 Å². The Morgan fingerprint density at radius 2 is 1.78 bits per heavy atom. The van der Waals surface area contributed by atoms with Crippen LogP contribution in [0.3, 0.4) is 0 Å². The molecule has 0 aromatic carbocycles. The Morgan fingerprint density at radius 1 is 1.22 bits per heavy atom. The first-order chi connectivity index (χ1) is 8.62. The van der Waals surface area contributed by atoms with E-state index in [0.717, 1.165) is 29.9 Å². The number of nitrogens with two attached hydrogens (primary N) is 1. The minimum Gasteiger partial charge on any atom is -0.382 e. The Balaban J connectivity index is 1.60. The van der Waals surface area contributed by atoms with Gasteiger partial charge in [0.2, 0.25) is 0 Å². The van der Waals surface area contributed by atoms with Gasteiger partial charge in [-0.1, -0.05) is 0 Å². The van der Waals surface area contributed by atoms with Gasteiger partial charge in [0.1, 0.15) is 5.82 Å². The largest absolute Gasteiger partial charge is 0.382 e. The molecule has 3 nitrogen and oxygen atoms in total. The van der Waals surface area contributed by atoms with Gasteiger partial charge in [0.15, 0.2) is 0 Å². The molecular weight excluding hydrogens is 222 g/mol. The third-order valence-electron chi connectivity index (χ3n) is 5.65. The smallest absolute Gasteiger partial charge is 0.148 e. The fraction of sp³-hybridized carbons (Fsp3) is 0.800. The number of hydrogen-bond donors (Lipinski definition) is 1. The molecule has 3 heteroatoms. The lowest BCUT2D eigenvalue weighted by atomic mass is 9.49. The van der Waals surface area contributed by atoms with Gasteiger partial charge < -0.3 is 5.73 Å². The van der Waals surface area contributed by atoms with E-state index in [-0.39, 0.29) is 0 Å². The van der Waals surface area contributed by atoms with Crippen LogP contribution >= 0.6 is 0 Å². The topological polar surface area (TPSA) is 43.8 Å². The van der Waals surface area contributed by atoms with Crippen LogP contribution in [0.5, 0.6) is 0 Å². The molecule has 5 rings (SSSR count). The van der Waals surface area contributed by atoms with Crippen molar-refractivity contribution in [3.8, 4) is 0 Å². The monoisotopic (exact) mass is 245 g/mol. The molecule has 4 saturated carbocycles. The highest BCUT2D eigenvalue weighted by atomic mass is 15.3. The van der Waals surface area contributed by atoms with Gasteiger partial charge in [0.05, 0.1) is 0 Å². The summed E-state index contributed by atoms with van der Waals surface area (Å²) in [5, 5.41) is 4.48. The van der Waals surface area contributed by atoms with Crippen molar-refractivity contribution in [1.82, 2.24) is 9.78 Å². The molecule has 0 atom stereocenters. The van der Waals surface area contributed by atoms with Gasteiger partial charge in [-0.25, -0.2) is 0 Å². The molecule has 4 fully saturated rings. The van der Waals surface area contributed by atoms with Crippen molar-refractivity contribution in [2.45, 2.75) is 52.0 Å². The number of nitrogens with zero attached hydrogens (tertiary/aromatic N) is 2. The minimum absolute atomic E-state index is 0.555. The average molecular weight is 245 g/mol. The first-order valence-electron chi connectivity index (χ1n) is 7.41. The van der Waals surface area contributed by atoms with Crippen LogP contribution in [0, 0.1) is 30.1 Å². The van der Waals surface area contributed by atoms with E-state index in [2.05, 4.69) is 22.9 Å². The van der Waals surface area contributed by atoms with Crippen molar-refractivity contribution in [3.05, 3.63) is 11.8 Å². The van der Waals surface area contributed by atoms with Gasteiger partial charge in [-0.2, -0.15) is 5.10 Å². The normalized spacial score (nSPS) is 41.5. The van der Waals surface area contributed by atoms with E-state index >= 15 is 0 Å². The second-order valence-corrected chi connectivity index (χ2v) is 7.31. The molecule has 0 radical (unpaired) electrons. The van der Waals surface area contributed by atoms with Gasteiger partial charge in [-0.15, -0.1) is 0 Å². The quantitative estimate of drug-likeness (QED) is 0.870. The Hall–Kier alpha value is -0.990. The van der Waals surface area contributed by atoms with Crippen LogP contribution in [-0.2, 0) is 6.54 Å². The predicted octanol–water partition coefficient (Wildman–Crippen LogP) is 2.99. The second-order valence-electron chi connectivity index (χ2n) is 7.31. The van der Waals surface area contributed by atoms with Gasteiger partial charge in [0, 0.05) is 18.3 Å². The van der Waals surface area contributed by atoms with Crippen LogP contribution in [0.1, 0.15) is 44.1 Å². The molecule has 4 aliphatic rings. The molecule has 98 valence electrons. The molecular formula is C15H23N3. The van der Waals surface area contributed by atoms with Crippen LogP contribution in [-0.4, -0.2) is 9.78 Å². The first-order valence-corrected chi connectivity index (χ1v) is 7.41. The van der Waals surface area contributed by atoms with Gasteiger partial charge in [-0.05, 0) is 68.6 Å². The molecule has 0 saturated heterocycles. The summed E-state index contributed by atoms with van der Waals surface area (Å²) in [4.78, 5) is 0. The van der Waals surface area contributed by atoms with Crippen LogP contribution < -0.4 is 5.73 Å². The predicted molar refractivity (Wildman–Crippen MR) is 72.0 cm³/mol. The molecule has 1 heterocycles. The number of aromatic nitrogens is 2. The van der Waals surface area contributed by atoms with Gasteiger partial charge in [0.25, 0.3) is 0 Å². The maximum absolute atomic E-state index is 5.88. The number of aryl methyl sites for hydroxylation is 1. The highest BCUT2D eigenvalue weighted by Gasteiger charge is 2.50. The van der Waals surface area contributed by atoms with Crippen molar-refractivity contribution in [3.63, 3.8) is 0 Å². The van der Waals surface area contributed by atoms with E-state index in [4.69, 9.17) is 5.73 Å². The van der Waals surface area contributed by atoms with E-state index < -0.39 is 0 Å². The number of rotatable bonds is 2. The third-order valence-corrected chi connectivity index (χ3v) is 5.65. The Kier molecular flexibility index (Phi) is 2.13. The molecule has 2 N–H and O–H groups in total. The Labute approximate surface area is 109 Å². The van der Waals surface area contributed by atoms with Crippen LogP contribution in [0.15, 0.2) is 6.20 Å². The van der Waals surface area contributed by atoms with Crippen molar-refractivity contribution in [1.29, 1.82) is 0 Å². The Morgan fingerprint density at radius 3 is 2.22 bits per heavy atom. The summed E-state index contributed by atoms with van der Waals surface area (Å²) in [6.07, 6.45) is 11.0. The minimum atomic E-state index is 0.555. The van der Waals surface area contributed by atoms with Crippen LogP contribution in [0.4, 0.5) is 5.82 Å². The summed E-state index contributed by atoms with van der Waals surface area (Å²) in [7, 11) is 0. The molecule has 0 unspecified atom stereocenters. The molecule has 1 aromatic heterocycles. The lowest BCUT2D eigenvalue weighted by molar-refractivity contribution is -0.0635. The summed E-state index contributed by atoms with van der Waals surface area (Å²) < 4.78 is 2.12. The number of nitrogen functional groups attached to an aromatic ring is 1. The van der Waals surface area contributed by atoms with Crippen molar-refractivity contribution < 1.29 is 0 Å². The third kappa shape index (κ3) is 1.59. The number of hydrogen-bond acceptors (Lipinski definition) is 2. The summed E-state index contributed by atoms with van der Waals surface area (Å²) in [5.74, 6) is 3.76. The lowest BCUT2D eigenvalue weighted by Crippen LogP contribution is -2.48. The van der Waals surface area contributed by atoms with Gasteiger partial charge >= 0.3 is 0 Å². The number of anilines is 1. The lowest BCUT2D eigenvalue weighted by Gasteiger charge is -2.56. The van der Waals surface area contributed by atoms with Crippen molar-refractivity contribution >= 4 is 5.82 Å². The maximum Gasteiger partial charge on any atom is 0.148 e. The summed E-state index contributed by atoms with van der Waals surface area (Å²) in [6.45, 7) is 3.16. The standard InChI is InChI=1S/C15H23N3/c1-10-8-18(17-14(10)16)9-15-5-11-2-12(6-15)4-13(3-11)7-15/h8,11-13H,2-7,9H2,1H3,(H2,16,17). The Bertz CT molecular complexity index is 419. The van der Waals surface area contributed by atoms with Crippen molar-refractivity contribution in [2.75, 3.05) is 5.73 Å². The zero-order valence-corrected chi connectivity index (χ0v) is 11.2. The SMILES string of the molecule is Cc1cn(CC23CC4CC(CC(C4)C2)C3)nc1N. The van der Waals surface area contributed by atoms with Gasteiger partial charge in [-0.3, -0.25) is 4.68 Å². The zero-order chi connectivity index (χ0) is 12.3. The molecule has 18 heavy (non-hydrogen) atoms. The van der Waals surface area contributed by atoms with E-state index in [9.17, 15) is 0 Å². The van der Waals surface area contributed by atoms with Crippen molar-refractivity contribution in [2.24, 2.45) is 23.2 Å². The molecule has 0 spiro atoms. The molecule has 0 aliphatic heterocycles. The first kappa shape index (κ1) is 10.9. The second kappa shape index (κ2) is 3.52. The van der Waals surface area contributed by atoms with E-state index in [0.29, 0.717) is 11.2 Å². The zero-order valence-electron chi connectivity index (χ0n) is 11.2. The molecule has 1 aromatic rings. The van der Waals surface area contributed by atoms with E-state index in [1.807, 2.05) is 0 Å². The highest BCUT2D eigenvalue weighted by Crippen LogP contribution is 2.60. The fourth-order valence-corrected chi connectivity index (χ4v) is 5.44. The van der Waals surface area contributed by atoms with Crippen LogP contribution in [0.25, 0.3) is 0 Å². The maximum atomic E-state index is 5.88. The summed E-state index contributed by atoms with van der Waals surface area (Å²) in [6, 6.07) is 0. The van der Waals surface area contributed by atoms with E-state index in [1.165, 1.54) is 38.5 Å². The summed E-state index contributed by atoms with van der Waals surface area (Å²) >= 11 is 0. The fourth-order valence-electron chi connectivity index (χ4n) is 5.44. The molecule has 4 bridgehead atoms. The molecule has 0 amide bonds. The van der Waals surface area contributed by atoms with E-state index in [1.54, 1.807) is 0 Å². The molecule has 4 aliphatic carbocycles. The average Bonchev–Trinajstić information content (AvgIpc) is 2.54.